The molecule has 0 aliphatic heterocycles. The lowest BCUT2D eigenvalue weighted by molar-refractivity contribution is 0.0600. The van der Waals surface area contributed by atoms with E-state index in [0.717, 1.165) is 16.5 Å². The minimum Gasteiger partial charge on any atom is -0.465 e. The maximum atomic E-state index is 12.6. The number of pyridine rings is 1. The molecule has 23 heavy (non-hydrogen) atoms. The second-order valence-corrected chi connectivity index (χ2v) is 6.90. The zero-order valence-electron chi connectivity index (χ0n) is 13.4. The Morgan fingerprint density at radius 2 is 1.87 bits per heavy atom. The van der Waals surface area contributed by atoms with Gasteiger partial charge in [0, 0.05) is 11.6 Å². The monoisotopic (exact) mass is 337 g/mol. The van der Waals surface area contributed by atoms with E-state index in [1.807, 2.05) is 18.2 Å². The Bertz CT molecular complexity index is 736. The number of nitrogens with zero attached hydrogens (tertiary/aromatic N) is 1. The molecular formula is C16H20NO5P. The highest BCUT2D eigenvalue weighted by atomic mass is 31.2. The summed E-state index contributed by atoms with van der Waals surface area (Å²) in [7, 11) is -1.85. The smallest absolute Gasteiger partial charge is 0.339 e. The molecule has 0 N–H and O–H groups in total. The standard InChI is InChI=1S/C16H20NO5P/c1-4-21-23(19,22-5-2)11-12-6-7-15-13(8-12)9-14(10-17-15)16(18)20-3/h6-10H,4-5,11H2,1-3H3. The lowest BCUT2D eigenvalue weighted by atomic mass is 10.1. The minimum atomic E-state index is -3.17. The highest BCUT2D eigenvalue weighted by Gasteiger charge is 2.24. The van der Waals surface area contributed by atoms with Crippen LogP contribution in [0.15, 0.2) is 30.5 Å². The molecule has 0 radical (unpaired) electrons. The first-order valence-electron chi connectivity index (χ1n) is 7.36. The molecule has 1 aromatic carbocycles. The molecule has 0 fully saturated rings. The van der Waals surface area contributed by atoms with Crippen molar-refractivity contribution >= 4 is 24.5 Å². The Kier molecular flexibility index (Phi) is 5.88. The highest BCUT2D eigenvalue weighted by molar-refractivity contribution is 7.53. The van der Waals surface area contributed by atoms with E-state index >= 15 is 0 Å². The molecule has 0 unspecified atom stereocenters. The summed E-state index contributed by atoms with van der Waals surface area (Å²) in [4.78, 5) is 15.8. The SMILES string of the molecule is CCOP(=O)(Cc1ccc2ncc(C(=O)OC)cc2c1)OCC. The molecule has 1 heterocycles. The van der Waals surface area contributed by atoms with Gasteiger partial charge >= 0.3 is 13.6 Å². The van der Waals surface area contributed by atoms with Crippen LogP contribution < -0.4 is 0 Å². The van der Waals surface area contributed by atoms with Crippen molar-refractivity contribution in [2.75, 3.05) is 20.3 Å². The fourth-order valence-corrected chi connectivity index (χ4v) is 3.94. The normalized spacial score (nSPS) is 11.6. The van der Waals surface area contributed by atoms with E-state index in [-0.39, 0.29) is 6.16 Å². The lowest BCUT2D eigenvalue weighted by Crippen LogP contribution is -2.02. The van der Waals surface area contributed by atoms with Crippen LogP contribution in [0.4, 0.5) is 0 Å². The number of benzene rings is 1. The van der Waals surface area contributed by atoms with Gasteiger partial charge in [-0.2, -0.15) is 0 Å². The van der Waals surface area contributed by atoms with Crippen molar-refractivity contribution in [1.82, 2.24) is 4.98 Å². The number of methoxy groups -OCH3 is 1. The summed E-state index contributed by atoms with van der Waals surface area (Å²) < 4.78 is 27.9. The Hall–Kier alpha value is -1.75. The minimum absolute atomic E-state index is 0.174. The van der Waals surface area contributed by atoms with Crippen molar-refractivity contribution in [3.8, 4) is 0 Å². The molecule has 7 heteroatoms. The van der Waals surface area contributed by atoms with Crippen LogP contribution in [0.1, 0.15) is 29.8 Å². The number of ether oxygens (including phenoxy) is 1. The summed E-state index contributed by atoms with van der Waals surface area (Å²) in [5.74, 6) is -0.445. The Morgan fingerprint density at radius 1 is 1.17 bits per heavy atom. The number of carbonyl (C=O) groups is 1. The third kappa shape index (κ3) is 4.38. The summed E-state index contributed by atoms with van der Waals surface area (Å²) in [6, 6.07) is 7.18. The fourth-order valence-electron chi connectivity index (χ4n) is 2.25. The topological polar surface area (TPSA) is 74.7 Å². The van der Waals surface area contributed by atoms with Crippen molar-refractivity contribution in [3.63, 3.8) is 0 Å². The Balaban J connectivity index is 2.34. The molecule has 0 bridgehead atoms. The molecule has 0 atom stereocenters. The number of esters is 1. The number of hydrogen-bond acceptors (Lipinski definition) is 6. The lowest BCUT2D eigenvalue weighted by Gasteiger charge is -2.17. The van der Waals surface area contributed by atoms with Gasteiger partial charge in [-0.05, 0) is 37.6 Å². The maximum absolute atomic E-state index is 12.6. The van der Waals surface area contributed by atoms with Crippen molar-refractivity contribution in [2.45, 2.75) is 20.0 Å². The van der Waals surface area contributed by atoms with E-state index in [1.165, 1.54) is 13.3 Å². The van der Waals surface area contributed by atoms with Crippen LogP contribution in [0, 0.1) is 0 Å². The first kappa shape index (κ1) is 17.6. The van der Waals surface area contributed by atoms with Gasteiger partial charge in [-0.25, -0.2) is 4.79 Å². The van der Waals surface area contributed by atoms with Crippen LogP contribution >= 0.6 is 7.60 Å². The Labute approximate surface area is 135 Å². The zero-order valence-corrected chi connectivity index (χ0v) is 14.3. The molecule has 0 aliphatic carbocycles. The molecule has 124 valence electrons. The molecular weight excluding hydrogens is 317 g/mol. The van der Waals surface area contributed by atoms with Gasteiger partial charge in [-0.1, -0.05) is 6.07 Å². The molecule has 2 aromatic rings. The van der Waals surface area contributed by atoms with Crippen molar-refractivity contribution in [3.05, 3.63) is 41.6 Å². The molecule has 0 amide bonds. The van der Waals surface area contributed by atoms with E-state index in [4.69, 9.17) is 13.8 Å². The molecule has 6 nitrogen and oxygen atoms in total. The van der Waals surface area contributed by atoms with E-state index in [9.17, 15) is 9.36 Å². The molecule has 0 saturated carbocycles. The largest absolute Gasteiger partial charge is 0.465 e. The predicted molar refractivity (Wildman–Crippen MR) is 87.6 cm³/mol. The highest BCUT2D eigenvalue weighted by Crippen LogP contribution is 2.51. The molecule has 1 aromatic heterocycles. The predicted octanol–water partition coefficient (Wildman–Crippen LogP) is 3.79. The first-order valence-corrected chi connectivity index (χ1v) is 9.09. The van der Waals surface area contributed by atoms with Crippen LogP contribution in [-0.4, -0.2) is 31.3 Å². The van der Waals surface area contributed by atoms with Gasteiger partial charge < -0.3 is 13.8 Å². The summed E-state index contributed by atoms with van der Waals surface area (Å²) >= 11 is 0. The molecule has 2 rings (SSSR count). The summed E-state index contributed by atoms with van der Waals surface area (Å²) in [5, 5.41) is 0.768. The Morgan fingerprint density at radius 3 is 2.48 bits per heavy atom. The summed E-state index contributed by atoms with van der Waals surface area (Å²) in [6.07, 6.45) is 1.65. The van der Waals surface area contributed by atoms with Crippen LogP contribution in [0.3, 0.4) is 0 Å². The number of rotatable bonds is 7. The van der Waals surface area contributed by atoms with E-state index in [1.54, 1.807) is 19.9 Å². The summed E-state index contributed by atoms with van der Waals surface area (Å²) in [6.45, 7) is 4.19. The number of fused-ring (bicyclic) bond motifs is 1. The quantitative estimate of drug-likeness (QED) is 0.565. The van der Waals surface area contributed by atoms with Crippen molar-refractivity contribution in [2.24, 2.45) is 0 Å². The van der Waals surface area contributed by atoms with E-state index < -0.39 is 13.6 Å². The van der Waals surface area contributed by atoms with Gasteiger partial charge in [-0.3, -0.25) is 9.55 Å². The molecule has 0 spiro atoms. The average molecular weight is 337 g/mol. The molecule has 0 saturated heterocycles. The first-order chi connectivity index (χ1) is 11.0. The van der Waals surface area contributed by atoms with Gasteiger partial charge in [0.05, 0.1) is 37.6 Å². The number of hydrogen-bond donors (Lipinski definition) is 0. The maximum Gasteiger partial charge on any atom is 0.339 e. The third-order valence-electron chi connectivity index (χ3n) is 3.19. The van der Waals surface area contributed by atoms with E-state index in [0.29, 0.717) is 18.8 Å². The van der Waals surface area contributed by atoms with Gasteiger partial charge in [-0.15, -0.1) is 0 Å². The van der Waals surface area contributed by atoms with Gasteiger partial charge in [0.1, 0.15) is 0 Å². The third-order valence-corrected chi connectivity index (χ3v) is 5.25. The van der Waals surface area contributed by atoms with Crippen LogP contribution in [-0.2, 0) is 24.5 Å². The average Bonchev–Trinajstić information content (AvgIpc) is 2.53. The van der Waals surface area contributed by atoms with Gasteiger partial charge in [0.2, 0.25) is 0 Å². The van der Waals surface area contributed by atoms with Crippen LogP contribution in [0.25, 0.3) is 10.9 Å². The van der Waals surface area contributed by atoms with Gasteiger partial charge in [0.25, 0.3) is 0 Å². The molecule has 0 aliphatic rings. The van der Waals surface area contributed by atoms with Gasteiger partial charge in [0.15, 0.2) is 0 Å². The zero-order chi connectivity index (χ0) is 16.9. The number of aromatic nitrogens is 1. The van der Waals surface area contributed by atoms with Crippen molar-refractivity contribution < 1.29 is 23.1 Å². The fraction of sp³-hybridized carbons (Fsp3) is 0.375. The number of carbonyl (C=O) groups excluding carboxylic acids is 1. The van der Waals surface area contributed by atoms with Crippen LogP contribution in [0.5, 0.6) is 0 Å². The van der Waals surface area contributed by atoms with E-state index in [2.05, 4.69) is 4.98 Å². The van der Waals surface area contributed by atoms with Crippen molar-refractivity contribution in [1.29, 1.82) is 0 Å². The second kappa shape index (κ2) is 7.68. The second-order valence-electron chi connectivity index (χ2n) is 4.85. The van der Waals surface area contributed by atoms with Crippen LogP contribution in [0.2, 0.25) is 0 Å². The summed E-state index contributed by atoms with van der Waals surface area (Å²) in [5.41, 5.74) is 1.91.